The summed E-state index contributed by atoms with van der Waals surface area (Å²) in [6.45, 7) is 12.2. The molecule has 1 saturated heterocycles. The van der Waals surface area contributed by atoms with Gasteiger partial charge in [0.15, 0.2) is 0 Å². The van der Waals surface area contributed by atoms with Gasteiger partial charge in [0.05, 0.1) is 12.7 Å². The number of hydrogen-bond acceptors (Lipinski definition) is 2. The molecule has 0 aromatic rings. The molecule has 0 bridgehead atoms. The van der Waals surface area contributed by atoms with E-state index >= 15 is 0 Å². The van der Waals surface area contributed by atoms with Gasteiger partial charge < -0.3 is 10.1 Å². The zero-order valence-electron chi connectivity index (χ0n) is 8.40. The van der Waals surface area contributed by atoms with Crippen molar-refractivity contribution in [2.75, 3.05) is 13.2 Å². The minimum absolute atomic E-state index is 0.187. The Labute approximate surface area is 70.3 Å². The average molecular weight is 159 g/mol. The molecule has 1 atom stereocenters. The van der Waals surface area contributed by atoms with Crippen LogP contribution in [0.1, 0.15) is 34.6 Å². The molecule has 1 aliphatic rings. The van der Waals surface area contributed by atoms with Crippen LogP contribution in [0.15, 0.2) is 0 Å². The van der Waals surface area contributed by atoms with Crippen molar-refractivity contribution in [3.63, 3.8) is 0 Å². The normalized spacial score (nSPS) is 28.6. The highest BCUT2D eigenvalue weighted by atomic mass is 16.5. The second kappa shape index (κ2) is 4.73. The summed E-state index contributed by atoms with van der Waals surface area (Å²) in [6.07, 6.45) is 0.387. The van der Waals surface area contributed by atoms with Gasteiger partial charge in [-0.3, -0.25) is 0 Å². The molecule has 1 aliphatic heterocycles. The molecule has 0 aliphatic carbocycles. The first-order valence-corrected chi connectivity index (χ1v) is 4.47. The molecule has 68 valence electrons. The lowest BCUT2D eigenvalue weighted by molar-refractivity contribution is -0.0113. The average Bonchev–Trinajstić information content (AvgIpc) is 2.00. The summed E-state index contributed by atoms with van der Waals surface area (Å²) in [6, 6.07) is 0. The summed E-state index contributed by atoms with van der Waals surface area (Å²) in [7, 11) is 0. The third kappa shape index (κ3) is 4.38. The molecule has 0 aromatic carbocycles. The first kappa shape index (κ1) is 10.9. The van der Waals surface area contributed by atoms with Crippen LogP contribution in [0.3, 0.4) is 0 Å². The second-order valence-corrected chi connectivity index (χ2v) is 3.39. The summed E-state index contributed by atoms with van der Waals surface area (Å²) in [5, 5.41) is 3.38. The van der Waals surface area contributed by atoms with Crippen molar-refractivity contribution in [1.82, 2.24) is 5.32 Å². The van der Waals surface area contributed by atoms with Crippen molar-refractivity contribution in [3.8, 4) is 0 Å². The largest absolute Gasteiger partial charge is 0.375 e. The molecule has 0 saturated carbocycles. The van der Waals surface area contributed by atoms with Crippen LogP contribution in [-0.2, 0) is 4.74 Å². The van der Waals surface area contributed by atoms with Gasteiger partial charge >= 0.3 is 0 Å². The number of morpholine rings is 1. The third-order valence-corrected chi connectivity index (χ3v) is 1.60. The smallest absolute Gasteiger partial charge is 0.0672 e. The lowest BCUT2D eigenvalue weighted by atomic mass is 10.1. The van der Waals surface area contributed by atoms with Crippen LogP contribution in [0.5, 0.6) is 0 Å². The standard InChI is InChI=1S/C7H15NO.C2H6/c1-6-4-8-7(2,3)5-9-6;1-2/h6,8H,4-5H2,1-3H3;1-2H3. The van der Waals surface area contributed by atoms with E-state index in [-0.39, 0.29) is 5.54 Å². The maximum atomic E-state index is 5.43. The first-order valence-electron chi connectivity index (χ1n) is 4.47. The maximum absolute atomic E-state index is 5.43. The van der Waals surface area contributed by atoms with E-state index in [1.54, 1.807) is 0 Å². The predicted octanol–water partition coefficient (Wildman–Crippen LogP) is 1.80. The SMILES string of the molecule is CC.CC1CNC(C)(C)CO1. The van der Waals surface area contributed by atoms with Crippen LogP contribution in [0.25, 0.3) is 0 Å². The number of hydrogen-bond donors (Lipinski definition) is 1. The van der Waals surface area contributed by atoms with E-state index in [0.717, 1.165) is 13.2 Å². The van der Waals surface area contributed by atoms with Crippen LogP contribution < -0.4 is 5.32 Å². The van der Waals surface area contributed by atoms with Gasteiger partial charge in [-0.05, 0) is 20.8 Å². The van der Waals surface area contributed by atoms with Crippen LogP contribution in [0, 0.1) is 0 Å². The molecule has 2 heteroatoms. The molecule has 0 radical (unpaired) electrons. The monoisotopic (exact) mass is 159 g/mol. The lowest BCUT2D eigenvalue weighted by Gasteiger charge is -2.34. The number of rotatable bonds is 0. The van der Waals surface area contributed by atoms with Crippen LogP contribution in [0.2, 0.25) is 0 Å². The zero-order chi connectivity index (χ0) is 8.91. The maximum Gasteiger partial charge on any atom is 0.0672 e. The van der Waals surface area contributed by atoms with Crippen molar-refractivity contribution in [2.24, 2.45) is 0 Å². The third-order valence-electron chi connectivity index (χ3n) is 1.60. The molecule has 1 unspecified atom stereocenters. The molecule has 0 amide bonds. The highest BCUT2D eigenvalue weighted by Gasteiger charge is 2.23. The fourth-order valence-electron chi connectivity index (χ4n) is 0.881. The Bertz CT molecular complexity index is 91.7. The molecule has 1 rings (SSSR count). The molecule has 1 N–H and O–H groups in total. The minimum Gasteiger partial charge on any atom is -0.375 e. The Morgan fingerprint density at radius 2 is 1.91 bits per heavy atom. The Morgan fingerprint density at radius 3 is 2.18 bits per heavy atom. The van der Waals surface area contributed by atoms with Crippen LogP contribution in [-0.4, -0.2) is 24.8 Å². The quantitative estimate of drug-likeness (QED) is 0.582. The molecule has 0 aromatic heterocycles. The van der Waals surface area contributed by atoms with Crippen molar-refractivity contribution in [3.05, 3.63) is 0 Å². The van der Waals surface area contributed by atoms with Gasteiger partial charge in [-0.25, -0.2) is 0 Å². The van der Waals surface area contributed by atoms with E-state index < -0.39 is 0 Å². The number of ether oxygens (including phenoxy) is 1. The van der Waals surface area contributed by atoms with Gasteiger partial charge in [0.2, 0.25) is 0 Å². The van der Waals surface area contributed by atoms with Crippen molar-refractivity contribution in [2.45, 2.75) is 46.3 Å². The van der Waals surface area contributed by atoms with Gasteiger partial charge in [-0.2, -0.15) is 0 Å². The molecule has 1 heterocycles. The summed E-state index contributed by atoms with van der Waals surface area (Å²) in [4.78, 5) is 0. The zero-order valence-corrected chi connectivity index (χ0v) is 8.40. The molecular formula is C9H21NO. The van der Waals surface area contributed by atoms with Gasteiger partial charge in [-0.15, -0.1) is 0 Å². The highest BCUT2D eigenvalue weighted by molar-refractivity contribution is 4.82. The Morgan fingerprint density at radius 1 is 1.36 bits per heavy atom. The van der Waals surface area contributed by atoms with Gasteiger partial charge in [-0.1, -0.05) is 13.8 Å². The van der Waals surface area contributed by atoms with Gasteiger partial charge in [0, 0.05) is 12.1 Å². The van der Waals surface area contributed by atoms with E-state index in [4.69, 9.17) is 4.74 Å². The molecular weight excluding hydrogens is 138 g/mol. The Balaban J connectivity index is 0.000000461. The Hall–Kier alpha value is -0.0800. The fourth-order valence-corrected chi connectivity index (χ4v) is 0.881. The van der Waals surface area contributed by atoms with Gasteiger partial charge in [0.25, 0.3) is 0 Å². The van der Waals surface area contributed by atoms with Gasteiger partial charge in [0.1, 0.15) is 0 Å². The first-order chi connectivity index (χ1) is 5.10. The van der Waals surface area contributed by atoms with Crippen molar-refractivity contribution >= 4 is 0 Å². The van der Waals surface area contributed by atoms with E-state index in [9.17, 15) is 0 Å². The van der Waals surface area contributed by atoms with Crippen molar-refractivity contribution < 1.29 is 4.74 Å². The summed E-state index contributed by atoms with van der Waals surface area (Å²) in [5.41, 5.74) is 0.187. The lowest BCUT2D eigenvalue weighted by Crippen LogP contribution is -2.52. The Kier molecular flexibility index (Phi) is 4.69. The topological polar surface area (TPSA) is 21.3 Å². The van der Waals surface area contributed by atoms with Crippen LogP contribution in [0.4, 0.5) is 0 Å². The minimum atomic E-state index is 0.187. The van der Waals surface area contributed by atoms with E-state index in [2.05, 4.69) is 26.1 Å². The second-order valence-electron chi connectivity index (χ2n) is 3.39. The van der Waals surface area contributed by atoms with Crippen LogP contribution >= 0.6 is 0 Å². The highest BCUT2D eigenvalue weighted by Crippen LogP contribution is 2.09. The van der Waals surface area contributed by atoms with E-state index in [0.29, 0.717) is 6.10 Å². The summed E-state index contributed by atoms with van der Waals surface area (Å²) >= 11 is 0. The molecule has 1 fully saturated rings. The van der Waals surface area contributed by atoms with E-state index in [1.165, 1.54) is 0 Å². The summed E-state index contributed by atoms with van der Waals surface area (Å²) < 4.78 is 5.43. The fraction of sp³-hybridized carbons (Fsp3) is 1.00. The molecule has 2 nitrogen and oxygen atoms in total. The predicted molar refractivity (Wildman–Crippen MR) is 48.8 cm³/mol. The summed E-state index contributed by atoms with van der Waals surface area (Å²) in [5.74, 6) is 0. The molecule has 11 heavy (non-hydrogen) atoms. The van der Waals surface area contributed by atoms with E-state index in [1.807, 2.05) is 13.8 Å². The number of nitrogens with one attached hydrogen (secondary N) is 1. The van der Waals surface area contributed by atoms with Crippen molar-refractivity contribution in [1.29, 1.82) is 0 Å². The molecule has 0 spiro atoms.